The molecule has 0 saturated carbocycles. The SMILES string of the molecule is CCn1c(SCC(N)=O)nc2sc3c(c2c1=O)CC[C@H](C)C3. The van der Waals surface area contributed by atoms with Gasteiger partial charge in [-0.05, 0) is 37.7 Å². The number of amides is 1. The van der Waals surface area contributed by atoms with Crippen molar-refractivity contribution < 1.29 is 4.79 Å². The highest BCUT2D eigenvalue weighted by Gasteiger charge is 2.24. The Morgan fingerprint density at radius 2 is 2.32 bits per heavy atom. The molecule has 0 radical (unpaired) electrons. The molecule has 5 nitrogen and oxygen atoms in total. The molecule has 7 heteroatoms. The van der Waals surface area contributed by atoms with Crippen LogP contribution in [0.2, 0.25) is 0 Å². The van der Waals surface area contributed by atoms with E-state index in [-0.39, 0.29) is 11.3 Å². The molecule has 0 unspecified atom stereocenters. The summed E-state index contributed by atoms with van der Waals surface area (Å²) in [6.45, 7) is 4.72. The van der Waals surface area contributed by atoms with E-state index in [1.807, 2.05) is 6.92 Å². The number of carbonyl (C=O) groups is 1. The quantitative estimate of drug-likeness (QED) is 0.685. The van der Waals surface area contributed by atoms with Crippen LogP contribution in [0.3, 0.4) is 0 Å². The first-order valence-corrected chi connectivity index (χ1v) is 9.27. The standard InChI is InChI=1S/C15H19N3O2S2/c1-3-18-14(20)12-9-5-4-8(2)6-10(9)22-13(12)17-15(18)21-7-11(16)19/h8H,3-7H2,1-2H3,(H2,16,19)/t8-/m0/s1. The highest BCUT2D eigenvalue weighted by atomic mass is 32.2. The van der Waals surface area contributed by atoms with Crippen molar-refractivity contribution in [2.24, 2.45) is 11.7 Å². The number of rotatable bonds is 4. The van der Waals surface area contributed by atoms with Gasteiger partial charge in [0.05, 0.1) is 11.1 Å². The second-order valence-electron chi connectivity index (χ2n) is 5.73. The predicted octanol–water partition coefficient (Wildman–Crippen LogP) is 2.18. The number of thiophene rings is 1. The molecular weight excluding hydrogens is 318 g/mol. The fourth-order valence-corrected chi connectivity index (χ4v) is 5.16. The minimum absolute atomic E-state index is 0.0199. The summed E-state index contributed by atoms with van der Waals surface area (Å²) in [4.78, 5) is 30.6. The Hall–Kier alpha value is -1.34. The largest absolute Gasteiger partial charge is 0.369 e. The van der Waals surface area contributed by atoms with Crippen molar-refractivity contribution in [3.05, 3.63) is 20.8 Å². The van der Waals surface area contributed by atoms with Crippen LogP contribution >= 0.6 is 23.1 Å². The third-order valence-corrected chi connectivity index (χ3v) is 6.19. The zero-order chi connectivity index (χ0) is 15.9. The second-order valence-corrected chi connectivity index (χ2v) is 7.76. The summed E-state index contributed by atoms with van der Waals surface area (Å²) in [6, 6.07) is 0. The lowest BCUT2D eigenvalue weighted by Gasteiger charge is -2.17. The van der Waals surface area contributed by atoms with Crippen molar-refractivity contribution >= 4 is 39.2 Å². The molecule has 0 spiro atoms. The number of thioether (sulfide) groups is 1. The topological polar surface area (TPSA) is 78.0 Å². The minimum Gasteiger partial charge on any atom is -0.369 e. The number of hydrogen-bond donors (Lipinski definition) is 1. The molecule has 0 aliphatic heterocycles. The maximum atomic E-state index is 12.8. The first-order chi connectivity index (χ1) is 10.5. The van der Waals surface area contributed by atoms with Crippen LogP contribution in [0.4, 0.5) is 0 Å². The highest BCUT2D eigenvalue weighted by Crippen LogP contribution is 2.36. The minimum atomic E-state index is -0.402. The summed E-state index contributed by atoms with van der Waals surface area (Å²) in [5.41, 5.74) is 6.42. The maximum absolute atomic E-state index is 12.8. The highest BCUT2D eigenvalue weighted by molar-refractivity contribution is 7.99. The molecular formula is C15H19N3O2S2. The molecule has 22 heavy (non-hydrogen) atoms. The van der Waals surface area contributed by atoms with Crippen LogP contribution in [0.25, 0.3) is 10.2 Å². The average molecular weight is 337 g/mol. The van der Waals surface area contributed by atoms with Crippen molar-refractivity contribution in [2.75, 3.05) is 5.75 Å². The second kappa shape index (κ2) is 6.04. The van der Waals surface area contributed by atoms with E-state index in [0.29, 0.717) is 17.6 Å². The van der Waals surface area contributed by atoms with E-state index in [1.165, 1.54) is 22.2 Å². The number of hydrogen-bond acceptors (Lipinski definition) is 5. The van der Waals surface area contributed by atoms with E-state index in [4.69, 9.17) is 5.73 Å². The molecule has 0 saturated heterocycles. The molecule has 1 aliphatic carbocycles. The van der Waals surface area contributed by atoms with Crippen LogP contribution in [0.15, 0.2) is 9.95 Å². The molecule has 0 aromatic carbocycles. The molecule has 2 heterocycles. The van der Waals surface area contributed by atoms with Gasteiger partial charge in [0.2, 0.25) is 5.91 Å². The molecule has 1 amide bonds. The lowest BCUT2D eigenvalue weighted by Crippen LogP contribution is -2.24. The van der Waals surface area contributed by atoms with Crippen LogP contribution in [0, 0.1) is 5.92 Å². The van der Waals surface area contributed by atoms with E-state index in [2.05, 4.69) is 11.9 Å². The van der Waals surface area contributed by atoms with Gasteiger partial charge in [0, 0.05) is 11.4 Å². The van der Waals surface area contributed by atoms with Crippen LogP contribution in [0.1, 0.15) is 30.7 Å². The number of fused-ring (bicyclic) bond motifs is 3. The van der Waals surface area contributed by atoms with Crippen molar-refractivity contribution in [1.82, 2.24) is 9.55 Å². The van der Waals surface area contributed by atoms with Gasteiger partial charge in [-0.25, -0.2) is 4.98 Å². The Morgan fingerprint density at radius 1 is 1.55 bits per heavy atom. The van der Waals surface area contributed by atoms with Crippen LogP contribution in [-0.2, 0) is 24.2 Å². The molecule has 1 atom stereocenters. The Balaban J connectivity index is 2.15. The van der Waals surface area contributed by atoms with E-state index in [9.17, 15) is 9.59 Å². The molecule has 118 valence electrons. The van der Waals surface area contributed by atoms with Crippen LogP contribution < -0.4 is 11.3 Å². The normalized spacial score (nSPS) is 17.6. The van der Waals surface area contributed by atoms with Gasteiger partial charge in [-0.15, -0.1) is 11.3 Å². The number of nitrogens with two attached hydrogens (primary N) is 1. The molecule has 0 fully saturated rings. The van der Waals surface area contributed by atoms with E-state index in [1.54, 1.807) is 15.9 Å². The summed E-state index contributed by atoms with van der Waals surface area (Å²) in [5, 5.41) is 1.38. The fraction of sp³-hybridized carbons (Fsp3) is 0.533. The molecule has 1 aliphatic rings. The maximum Gasteiger partial charge on any atom is 0.263 e. The number of aryl methyl sites for hydroxylation is 1. The van der Waals surface area contributed by atoms with Gasteiger partial charge in [0.25, 0.3) is 5.56 Å². The molecule has 3 rings (SSSR count). The zero-order valence-electron chi connectivity index (χ0n) is 12.7. The number of nitrogens with zero attached hydrogens (tertiary/aromatic N) is 2. The van der Waals surface area contributed by atoms with Crippen LogP contribution in [-0.4, -0.2) is 21.2 Å². The Bertz CT molecular complexity index is 794. The van der Waals surface area contributed by atoms with Gasteiger partial charge in [-0.1, -0.05) is 18.7 Å². The predicted molar refractivity (Wildman–Crippen MR) is 90.7 cm³/mol. The molecule has 2 aromatic rings. The van der Waals surface area contributed by atoms with Crippen molar-refractivity contribution in [2.45, 2.75) is 44.8 Å². The Morgan fingerprint density at radius 3 is 3.00 bits per heavy atom. The number of aromatic nitrogens is 2. The van der Waals surface area contributed by atoms with Crippen LogP contribution in [0.5, 0.6) is 0 Å². The first-order valence-electron chi connectivity index (χ1n) is 7.47. The monoisotopic (exact) mass is 337 g/mol. The van der Waals surface area contributed by atoms with Gasteiger partial charge in [0.1, 0.15) is 4.83 Å². The van der Waals surface area contributed by atoms with Crippen molar-refractivity contribution in [1.29, 1.82) is 0 Å². The fourth-order valence-electron chi connectivity index (χ4n) is 2.93. The van der Waals surface area contributed by atoms with Gasteiger partial charge in [0.15, 0.2) is 5.16 Å². The van der Waals surface area contributed by atoms with E-state index < -0.39 is 5.91 Å². The van der Waals surface area contributed by atoms with Gasteiger partial charge >= 0.3 is 0 Å². The summed E-state index contributed by atoms with van der Waals surface area (Å²) in [7, 11) is 0. The molecule has 0 bridgehead atoms. The third-order valence-electron chi connectivity index (χ3n) is 4.04. The summed E-state index contributed by atoms with van der Waals surface area (Å²) < 4.78 is 1.65. The number of carbonyl (C=O) groups excluding carboxylic acids is 1. The third kappa shape index (κ3) is 2.67. The lowest BCUT2D eigenvalue weighted by atomic mass is 9.89. The number of primary amides is 1. The van der Waals surface area contributed by atoms with Gasteiger partial charge in [-0.2, -0.15) is 0 Å². The molecule has 2 aromatic heterocycles. The summed E-state index contributed by atoms with van der Waals surface area (Å²) in [5.74, 6) is 0.402. The zero-order valence-corrected chi connectivity index (χ0v) is 14.4. The Kier molecular flexibility index (Phi) is 4.27. The van der Waals surface area contributed by atoms with Crippen molar-refractivity contribution in [3.8, 4) is 0 Å². The summed E-state index contributed by atoms with van der Waals surface area (Å²) in [6.07, 6.45) is 3.12. The summed E-state index contributed by atoms with van der Waals surface area (Å²) >= 11 is 2.87. The van der Waals surface area contributed by atoms with Gasteiger partial charge in [-0.3, -0.25) is 14.2 Å². The molecule has 2 N–H and O–H groups in total. The van der Waals surface area contributed by atoms with E-state index in [0.717, 1.165) is 29.5 Å². The average Bonchev–Trinajstić information content (AvgIpc) is 2.82. The first kappa shape index (κ1) is 15.6. The van der Waals surface area contributed by atoms with Gasteiger partial charge < -0.3 is 5.73 Å². The Labute approximate surface area is 136 Å². The lowest BCUT2D eigenvalue weighted by molar-refractivity contribution is -0.115. The smallest absolute Gasteiger partial charge is 0.263 e. The van der Waals surface area contributed by atoms with Crippen molar-refractivity contribution in [3.63, 3.8) is 0 Å². The van der Waals surface area contributed by atoms with E-state index >= 15 is 0 Å².